The Hall–Kier alpha value is -1.70. The topological polar surface area (TPSA) is 89.3 Å². The Kier molecular flexibility index (Phi) is 5.92. The molecule has 0 fully saturated rings. The molecule has 1 aromatic carbocycles. The van der Waals surface area contributed by atoms with Gasteiger partial charge in [-0.1, -0.05) is 43.7 Å². The number of primary sulfonamides is 1. The van der Waals surface area contributed by atoms with Gasteiger partial charge in [-0.2, -0.15) is 0 Å². The van der Waals surface area contributed by atoms with Gasteiger partial charge in [0.15, 0.2) is 0 Å². The zero-order valence-corrected chi connectivity index (χ0v) is 14.5. The van der Waals surface area contributed by atoms with Crippen LogP contribution in [0.2, 0.25) is 0 Å². The van der Waals surface area contributed by atoms with Gasteiger partial charge in [0, 0.05) is 4.88 Å². The molecule has 1 atom stereocenters. The summed E-state index contributed by atoms with van der Waals surface area (Å²) in [4.78, 5) is 13.2. The predicted octanol–water partition coefficient (Wildman–Crippen LogP) is 2.60. The van der Waals surface area contributed by atoms with Crippen molar-refractivity contribution in [3.8, 4) is 0 Å². The molecule has 5 nitrogen and oxygen atoms in total. The molecule has 2 rings (SSSR count). The van der Waals surface area contributed by atoms with Crippen molar-refractivity contribution in [3.05, 3.63) is 52.9 Å². The zero-order chi connectivity index (χ0) is 16.9. The monoisotopic (exact) mass is 352 g/mol. The van der Waals surface area contributed by atoms with Crippen LogP contribution in [-0.2, 0) is 21.4 Å². The summed E-state index contributed by atoms with van der Waals surface area (Å²) in [5.74, 6) is -0.248. The van der Waals surface area contributed by atoms with Crippen LogP contribution >= 0.6 is 11.3 Å². The van der Waals surface area contributed by atoms with E-state index in [0.717, 1.165) is 34.6 Å². The molecule has 7 heteroatoms. The quantitative estimate of drug-likeness (QED) is 0.802. The molecular weight excluding hydrogens is 332 g/mol. The van der Waals surface area contributed by atoms with Crippen LogP contribution in [0, 0.1) is 0 Å². The molecule has 3 N–H and O–H groups in total. The maximum Gasteiger partial charge on any atom is 0.247 e. The Balaban J connectivity index is 2.03. The van der Waals surface area contributed by atoms with Gasteiger partial charge in [0.25, 0.3) is 0 Å². The Labute approximate surface area is 140 Å². The minimum Gasteiger partial charge on any atom is -0.351 e. The summed E-state index contributed by atoms with van der Waals surface area (Å²) in [6.07, 6.45) is 1.67. The number of rotatable bonds is 7. The van der Waals surface area contributed by atoms with E-state index in [2.05, 4.69) is 5.32 Å². The fourth-order valence-corrected chi connectivity index (χ4v) is 4.05. The van der Waals surface area contributed by atoms with Crippen molar-refractivity contribution >= 4 is 27.3 Å². The van der Waals surface area contributed by atoms with Crippen molar-refractivity contribution in [2.75, 3.05) is 0 Å². The average Bonchev–Trinajstić information content (AvgIpc) is 3.00. The number of hydrogen-bond donors (Lipinski definition) is 2. The number of carbonyl (C=O) groups is 1. The molecule has 0 bridgehead atoms. The molecule has 1 amide bonds. The van der Waals surface area contributed by atoms with Crippen LogP contribution in [0.15, 0.2) is 46.7 Å². The van der Waals surface area contributed by atoms with Gasteiger partial charge in [0.05, 0.1) is 12.5 Å². The fraction of sp³-hybridized carbons (Fsp3) is 0.312. The summed E-state index contributed by atoms with van der Waals surface area (Å²) in [5, 5.41) is 7.97. The number of nitrogens with one attached hydrogen (secondary N) is 1. The molecule has 1 heterocycles. The van der Waals surface area contributed by atoms with Crippen LogP contribution in [0.25, 0.3) is 0 Å². The van der Waals surface area contributed by atoms with E-state index >= 15 is 0 Å². The van der Waals surface area contributed by atoms with Crippen LogP contribution in [0.4, 0.5) is 0 Å². The lowest BCUT2D eigenvalue weighted by atomic mass is 9.93. The van der Waals surface area contributed by atoms with Crippen LogP contribution < -0.4 is 10.5 Å². The first-order chi connectivity index (χ1) is 10.9. The van der Waals surface area contributed by atoms with E-state index < -0.39 is 10.0 Å². The van der Waals surface area contributed by atoms with Crippen molar-refractivity contribution in [2.45, 2.75) is 36.4 Å². The van der Waals surface area contributed by atoms with Crippen LogP contribution in [0.5, 0.6) is 0 Å². The molecule has 0 saturated carbocycles. The maximum atomic E-state index is 12.5. The Morgan fingerprint density at radius 2 is 1.91 bits per heavy atom. The molecule has 0 aliphatic carbocycles. The van der Waals surface area contributed by atoms with Crippen LogP contribution in [0.3, 0.4) is 0 Å². The van der Waals surface area contributed by atoms with Crippen molar-refractivity contribution in [1.82, 2.24) is 5.32 Å². The number of amides is 1. The standard InChI is InChI=1S/C16H20N2O3S2/c1-2-6-14(12-7-4-3-5-8-12)16(19)18-11-13-9-10-15(22-13)23(17,20)21/h3-5,7-10,14H,2,6,11H2,1H3,(H,18,19)(H2,17,20,21). The lowest BCUT2D eigenvalue weighted by Crippen LogP contribution is -2.28. The summed E-state index contributed by atoms with van der Waals surface area (Å²) in [6, 6.07) is 12.8. The highest BCUT2D eigenvalue weighted by Gasteiger charge is 2.19. The average molecular weight is 352 g/mol. The van der Waals surface area contributed by atoms with Gasteiger partial charge in [-0.3, -0.25) is 4.79 Å². The highest BCUT2D eigenvalue weighted by Crippen LogP contribution is 2.23. The van der Waals surface area contributed by atoms with E-state index in [4.69, 9.17) is 5.14 Å². The first-order valence-corrected chi connectivity index (χ1v) is 9.72. The Morgan fingerprint density at radius 1 is 1.22 bits per heavy atom. The minimum absolute atomic E-state index is 0.0522. The van der Waals surface area contributed by atoms with Gasteiger partial charge in [-0.05, 0) is 24.1 Å². The molecule has 0 aliphatic rings. The number of sulfonamides is 1. The van der Waals surface area contributed by atoms with E-state index in [1.165, 1.54) is 6.07 Å². The Morgan fingerprint density at radius 3 is 2.48 bits per heavy atom. The van der Waals surface area contributed by atoms with Crippen molar-refractivity contribution in [1.29, 1.82) is 0 Å². The maximum absolute atomic E-state index is 12.5. The number of thiophene rings is 1. The number of hydrogen-bond acceptors (Lipinski definition) is 4. The molecule has 0 radical (unpaired) electrons. The third kappa shape index (κ3) is 4.89. The minimum atomic E-state index is -3.68. The summed E-state index contributed by atoms with van der Waals surface area (Å²) in [7, 11) is -3.68. The van der Waals surface area contributed by atoms with E-state index in [1.807, 2.05) is 37.3 Å². The molecule has 0 saturated heterocycles. The van der Waals surface area contributed by atoms with Crippen molar-refractivity contribution in [3.63, 3.8) is 0 Å². The van der Waals surface area contributed by atoms with Crippen LogP contribution in [0.1, 0.15) is 36.1 Å². The summed E-state index contributed by atoms with van der Waals surface area (Å²) in [5.41, 5.74) is 0.989. The molecule has 0 aliphatic heterocycles. The van der Waals surface area contributed by atoms with E-state index in [1.54, 1.807) is 6.07 Å². The van der Waals surface area contributed by atoms with Gasteiger partial charge in [0.1, 0.15) is 4.21 Å². The molecule has 23 heavy (non-hydrogen) atoms. The van der Waals surface area contributed by atoms with Crippen molar-refractivity contribution < 1.29 is 13.2 Å². The third-order valence-electron chi connectivity index (χ3n) is 3.45. The molecule has 1 aromatic heterocycles. The van der Waals surface area contributed by atoms with Gasteiger partial charge in [0.2, 0.25) is 15.9 Å². The van der Waals surface area contributed by atoms with Gasteiger partial charge >= 0.3 is 0 Å². The predicted molar refractivity (Wildman–Crippen MR) is 91.6 cm³/mol. The van der Waals surface area contributed by atoms with E-state index in [0.29, 0.717) is 6.54 Å². The highest BCUT2D eigenvalue weighted by atomic mass is 32.2. The fourth-order valence-electron chi connectivity index (χ4n) is 2.33. The highest BCUT2D eigenvalue weighted by molar-refractivity contribution is 7.91. The lowest BCUT2D eigenvalue weighted by Gasteiger charge is -2.16. The Bertz CT molecular complexity index is 755. The summed E-state index contributed by atoms with van der Waals surface area (Å²) in [6.45, 7) is 2.34. The largest absolute Gasteiger partial charge is 0.351 e. The van der Waals surface area contributed by atoms with Gasteiger partial charge in [-0.15, -0.1) is 11.3 Å². The van der Waals surface area contributed by atoms with Crippen LogP contribution in [-0.4, -0.2) is 14.3 Å². The second kappa shape index (κ2) is 7.72. The molecule has 124 valence electrons. The first-order valence-electron chi connectivity index (χ1n) is 7.36. The molecule has 2 aromatic rings. The second-order valence-electron chi connectivity index (χ2n) is 5.24. The van der Waals surface area contributed by atoms with Gasteiger partial charge in [-0.25, -0.2) is 13.6 Å². The third-order valence-corrected chi connectivity index (χ3v) is 5.97. The number of carbonyl (C=O) groups excluding carboxylic acids is 1. The first kappa shape index (κ1) is 17.7. The van der Waals surface area contributed by atoms with Gasteiger partial charge < -0.3 is 5.32 Å². The normalized spacial score (nSPS) is 12.8. The lowest BCUT2D eigenvalue weighted by molar-refractivity contribution is -0.122. The SMILES string of the molecule is CCCC(C(=O)NCc1ccc(S(N)(=O)=O)s1)c1ccccc1. The second-order valence-corrected chi connectivity index (χ2v) is 8.19. The number of benzene rings is 1. The summed E-state index contributed by atoms with van der Waals surface area (Å²) >= 11 is 1.08. The molecular formula is C16H20N2O3S2. The molecule has 1 unspecified atom stereocenters. The van der Waals surface area contributed by atoms with E-state index in [-0.39, 0.29) is 16.0 Å². The zero-order valence-electron chi connectivity index (χ0n) is 12.9. The summed E-state index contributed by atoms with van der Waals surface area (Å²) < 4.78 is 22.6. The smallest absolute Gasteiger partial charge is 0.247 e. The van der Waals surface area contributed by atoms with Crippen molar-refractivity contribution in [2.24, 2.45) is 5.14 Å². The molecule has 0 spiro atoms. The number of nitrogens with two attached hydrogens (primary N) is 1. The van der Waals surface area contributed by atoms with E-state index in [9.17, 15) is 13.2 Å².